The summed E-state index contributed by atoms with van der Waals surface area (Å²) >= 11 is 0. The van der Waals surface area contributed by atoms with Crippen LogP contribution < -0.4 is 10.1 Å². The fourth-order valence-corrected chi connectivity index (χ4v) is 3.45. The largest absolute Gasteiger partial charge is 0.497 e. The first-order valence-electron chi connectivity index (χ1n) is 8.85. The number of aromatic nitrogens is 3. The van der Waals surface area contributed by atoms with E-state index in [1.807, 2.05) is 18.2 Å². The minimum Gasteiger partial charge on any atom is -0.497 e. The molecule has 0 bridgehead atoms. The van der Waals surface area contributed by atoms with Gasteiger partial charge in [0.1, 0.15) is 11.9 Å². The average Bonchev–Trinajstić information content (AvgIpc) is 3.39. The van der Waals surface area contributed by atoms with Crippen molar-refractivity contribution in [2.24, 2.45) is 0 Å². The van der Waals surface area contributed by atoms with Gasteiger partial charge in [0.25, 0.3) is 5.91 Å². The third-order valence-corrected chi connectivity index (χ3v) is 4.75. The van der Waals surface area contributed by atoms with Crippen molar-refractivity contribution in [3.8, 4) is 17.1 Å². The molecule has 0 radical (unpaired) electrons. The third-order valence-electron chi connectivity index (χ3n) is 4.75. The van der Waals surface area contributed by atoms with Gasteiger partial charge in [0, 0.05) is 30.1 Å². The first kappa shape index (κ1) is 16.7. The van der Waals surface area contributed by atoms with Crippen molar-refractivity contribution in [2.75, 3.05) is 19.0 Å². The van der Waals surface area contributed by atoms with Gasteiger partial charge in [0.15, 0.2) is 5.82 Å². The highest BCUT2D eigenvalue weighted by Crippen LogP contribution is 2.30. The van der Waals surface area contributed by atoms with Crippen molar-refractivity contribution in [1.82, 2.24) is 14.8 Å². The maximum absolute atomic E-state index is 12.2. The van der Waals surface area contributed by atoms with Crippen molar-refractivity contribution in [3.05, 3.63) is 30.3 Å². The van der Waals surface area contributed by atoms with Gasteiger partial charge in [-0.15, -0.1) is 0 Å². The molecule has 7 nitrogen and oxygen atoms in total. The molecule has 136 valence electrons. The number of carbonyl (C=O) groups excluding carboxylic acids is 1. The number of H-pyrrole nitrogens is 1. The van der Waals surface area contributed by atoms with Crippen LogP contribution in [0.25, 0.3) is 22.3 Å². The number of benzene rings is 1. The monoisotopic (exact) mass is 354 g/mol. The highest BCUT2D eigenvalue weighted by atomic mass is 16.5. The van der Waals surface area contributed by atoms with E-state index in [0.717, 1.165) is 47.4 Å². The van der Waals surface area contributed by atoms with Crippen molar-refractivity contribution in [2.45, 2.75) is 32.4 Å². The zero-order chi connectivity index (χ0) is 18.1. The Morgan fingerprint density at radius 2 is 2.31 bits per heavy atom. The number of fused-ring (bicyclic) bond motifs is 1. The lowest BCUT2D eigenvalue weighted by molar-refractivity contribution is -0.124. The average molecular weight is 354 g/mol. The van der Waals surface area contributed by atoms with Crippen LogP contribution in [0, 0.1) is 0 Å². The number of carbonyl (C=O) groups is 1. The number of anilines is 1. The molecule has 1 fully saturated rings. The maximum atomic E-state index is 12.2. The van der Waals surface area contributed by atoms with Crippen LogP contribution in [0.4, 0.5) is 5.82 Å². The molecule has 0 spiro atoms. The fourth-order valence-electron chi connectivity index (χ4n) is 3.45. The normalized spacial score (nSPS) is 16.9. The quantitative estimate of drug-likeness (QED) is 0.737. The molecule has 2 aromatic heterocycles. The van der Waals surface area contributed by atoms with E-state index in [1.165, 1.54) is 0 Å². The number of hydrogen-bond acceptors (Lipinski definition) is 4. The van der Waals surface area contributed by atoms with E-state index in [4.69, 9.17) is 9.47 Å². The minimum absolute atomic E-state index is 0.138. The first-order chi connectivity index (χ1) is 12.7. The van der Waals surface area contributed by atoms with Gasteiger partial charge in [-0.1, -0.05) is 0 Å². The van der Waals surface area contributed by atoms with Crippen LogP contribution >= 0.6 is 0 Å². The molecular formula is C19H22N4O3. The molecule has 3 heterocycles. The number of nitrogens with one attached hydrogen (secondary N) is 2. The number of aryl methyl sites for hydroxylation is 1. The molecule has 2 N–H and O–H groups in total. The van der Waals surface area contributed by atoms with E-state index in [9.17, 15) is 4.79 Å². The predicted octanol–water partition coefficient (Wildman–Crippen LogP) is 3.18. The lowest BCUT2D eigenvalue weighted by Crippen LogP contribution is -2.26. The number of nitrogens with zero attached hydrogens (tertiary/aromatic N) is 2. The number of amides is 1. The summed E-state index contributed by atoms with van der Waals surface area (Å²) in [6.07, 6.45) is 1.31. The van der Waals surface area contributed by atoms with E-state index in [-0.39, 0.29) is 12.0 Å². The second kappa shape index (κ2) is 6.84. The molecule has 0 aliphatic carbocycles. The molecule has 1 aromatic carbocycles. The Bertz CT molecular complexity index is 938. The third kappa shape index (κ3) is 2.94. The smallest absolute Gasteiger partial charge is 0.254 e. The Morgan fingerprint density at radius 3 is 3.04 bits per heavy atom. The van der Waals surface area contributed by atoms with E-state index in [1.54, 1.807) is 7.11 Å². The van der Waals surface area contributed by atoms with E-state index < -0.39 is 0 Å². The second-order valence-electron chi connectivity index (χ2n) is 6.36. The zero-order valence-corrected chi connectivity index (χ0v) is 14.9. The fraction of sp³-hybridized carbons (Fsp3) is 0.368. The highest BCUT2D eigenvalue weighted by Gasteiger charge is 2.24. The molecule has 1 amide bonds. The van der Waals surface area contributed by atoms with E-state index in [0.29, 0.717) is 12.4 Å². The lowest BCUT2D eigenvalue weighted by atomic mass is 10.2. The molecule has 0 unspecified atom stereocenters. The van der Waals surface area contributed by atoms with Crippen molar-refractivity contribution >= 4 is 22.6 Å². The Balaban J connectivity index is 1.63. The summed E-state index contributed by atoms with van der Waals surface area (Å²) in [6, 6.07) is 9.97. The van der Waals surface area contributed by atoms with Crippen LogP contribution in [0.5, 0.6) is 5.75 Å². The highest BCUT2D eigenvalue weighted by molar-refractivity contribution is 5.94. The molecule has 1 aliphatic heterocycles. The summed E-state index contributed by atoms with van der Waals surface area (Å²) < 4.78 is 12.9. The summed E-state index contributed by atoms with van der Waals surface area (Å²) in [5, 5.41) is 11.2. The second-order valence-corrected chi connectivity index (χ2v) is 6.36. The predicted molar refractivity (Wildman–Crippen MR) is 99.3 cm³/mol. The van der Waals surface area contributed by atoms with Gasteiger partial charge < -0.3 is 19.4 Å². The van der Waals surface area contributed by atoms with Gasteiger partial charge in [-0.3, -0.25) is 9.89 Å². The standard InChI is InChI=1S/C19H22N4O3/c1-3-23-15-7-6-13(25-2)9-12(15)10-16(23)14-11-18(22-21-14)20-19(24)17-5-4-8-26-17/h6-7,9-11,17H,3-5,8H2,1-2H3,(H2,20,21,22,24)/t17-/m0/s1. The van der Waals surface area contributed by atoms with Crippen molar-refractivity contribution in [1.29, 1.82) is 0 Å². The SMILES string of the molecule is CCn1c(-c2cc(NC(=O)[C@@H]3CCCO3)n[nH]2)cc2cc(OC)ccc21. The van der Waals surface area contributed by atoms with Gasteiger partial charge in [0.05, 0.1) is 18.5 Å². The van der Waals surface area contributed by atoms with Crippen molar-refractivity contribution < 1.29 is 14.3 Å². The van der Waals surface area contributed by atoms with Gasteiger partial charge in [-0.05, 0) is 44.0 Å². The maximum Gasteiger partial charge on any atom is 0.254 e. The molecule has 0 saturated carbocycles. The molecule has 4 rings (SSSR count). The summed E-state index contributed by atoms with van der Waals surface area (Å²) in [5.41, 5.74) is 2.99. The topological polar surface area (TPSA) is 81.2 Å². The Kier molecular flexibility index (Phi) is 4.38. The van der Waals surface area contributed by atoms with E-state index in [2.05, 4.69) is 39.1 Å². The molecule has 1 atom stereocenters. The van der Waals surface area contributed by atoms with Crippen LogP contribution in [0.2, 0.25) is 0 Å². The van der Waals surface area contributed by atoms with Gasteiger partial charge in [0.2, 0.25) is 0 Å². The Labute approximate surface area is 151 Å². The van der Waals surface area contributed by atoms with Gasteiger partial charge in [-0.2, -0.15) is 5.10 Å². The van der Waals surface area contributed by atoms with E-state index >= 15 is 0 Å². The summed E-state index contributed by atoms with van der Waals surface area (Å²) in [6.45, 7) is 3.56. The molecule has 1 aliphatic rings. The lowest BCUT2D eigenvalue weighted by Gasteiger charge is -2.07. The molecular weight excluding hydrogens is 332 g/mol. The Hall–Kier alpha value is -2.80. The van der Waals surface area contributed by atoms with Gasteiger partial charge >= 0.3 is 0 Å². The molecule has 1 saturated heterocycles. The molecule has 7 heteroatoms. The number of aromatic amines is 1. The van der Waals surface area contributed by atoms with Crippen LogP contribution in [-0.4, -0.2) is 40.5 Å². The van der Waals surface area contributed by atoms with Crippen LogP contribution in [0.15, 0.2) is 30.3 Å². The zero-order valence-electron chi connectivity index (χ0n) is 14.9. The summed E-state index contributed by atoms with van der Waals surface area (Å²) in [5.74, 6) is 1.19. The summed E-state index contributed by atoms with van der Waals surface area (Å²) in [7, 11) is 1.66. The molecule has 3 aromatic rings. The Morgan fingerprint density at radius 1 is 1.42 bits per heavy atom. The number of rotatable bonds is 5. The number of methoxy groups -OCH3 is 1. The van der Waals surface area contributed by atoms with Crippen LogP contribution in [-0.2, 0) is 16.1 Å². The summed E-state index contributed by atoms with van der Waals surface area (Å²) in [4.78, 5) is 12.2. The first-order valence-corrected chi connectivity index (χ1v) is 8.85. The van der Waals surface area contributed by atoms with Crippen molar-refractivity contribution in [3.63, 3.8) is 0 Å². The van der Waals surface area contributed by atoms with Crippen LogP contribution in [0.1, 0.15) is 19.8 Å². The van der Waals surface area contributed by atoms with Gasteiger partial charge in [-0.25, -0.2) is 0 Å². The number of ether oxygens (including phenoxy) is 2. The minimum atomic E-state index is -0.371. The molecule has 26 heavy (non-hydrogen) atoms. The number of hydrogen-bond donors (Lipinski definition) is 2. The van der Waals surface area contributed by atoms with Crippen LogP contribution in [0.3, 0.4) is 0 Å².